The molecule has 0 spiro atoms. The molecule has 0 saturated carbocycles. The van der Waals surface area contributed by atoms with Crippen LogP contribution in [0, 0.1) is 17.0 Å². The van der Waals surface area contributed by atoms with Crippen LogP contribution in [0.25, 0.3) is 0 Å². The number of likely N-dealkylation sites (N-methyl/N-ethyl adjacent to an activating group) is 1. The van der Waals surface area contributed by atoms with Crippen LogP contribution < -0.4 is 10.1 Å². The molecule has 7 nitrogen and oxygen atoms in total. The monoisotopic (exact) mass is 371 g/mol. The van der Waals surface area contributed by atoms with E-state index in [1.54, 1.807) is 31.2 Å². The Labute approximate surface area is 159 Å². The van der Waals surface area contributed by atoms with Crippen LogP contribution in [-0.4, -0.2) is 42.0 Å². The summed E-state index contributed by atoms with van der Waals surface area (Å²) in [7, 11) is 0. The number of amides is 1. The molecule has 0 aliphatic rings. The topological polar surface area (TPSA) is 84.7 Å². The number of carbonyl (C=O) groups is 1. The van der Waals surface area contributed by atoms with Gasteiger partial charge in [-0.1, -0.05) is 32.0 Å². The van der Waals surface area contributed by atoms with Crippen molar-refractivity contribution in [2.75, 3.05) is 31.6 Å². The van der Waals surface area contributed by atoms with Crippen molar-refractivity contribution >= 4 is 17.3 Å². The van der Waals surface area contributed by atoms with Crippen molar-refractivity contribution in [1.82, 2.24) is 4.90 Å². The lowest BCUT2D eigenvalue weighted by Crippen LogP contribution is -2.28. The average molecular weight is 371 g/mol. The Morgan fingerprint density at radius 2 is 1.85 bits per heavy atom. The van der Waals surface area contributed by atoms with E-state index in [0.717, 1.165) is 19.6 Å². The first-order chi connectivity index (χ1) is 13.0. The van der Waals surface area contributed by atoms with E-state index in [9.17, 15) is 14.9 Å². The van der Waals surface area contributed by atoms with E-state index in [-0.39, 0.29) is 11.3 Å². The number of nitro benzene ring substituents is 1. The molecule has 0 aliphatic carbocycles. The maximum absolute atomic E-state index is 12.6. The van der Waals surface area contributed by atoms with Crippen molar-refractivity contribution in [3.63, 3.8) is 0 Å². The molecule has 144 valence electrons. The summed E-state index contributed by atoms with van der Waals surface area (Å²) in [5, 5.41) is 13.9. The number of benzene rings is 2. The number of hydrogen-bond donors (Lipinski definition) is 1. The van der Waals surface area contributed by atoms with Crippen LogP contribution in [0.5, 0.6) is 5.75 Å². The molecule has 0 fully saturated rings. The van der Waals surface area contributed by atoms with Crippen LogP contribution in [-0.2, 0) is 0 Å². The minimum absolute atomic E-state index is 0.0774. The Morgan fingerprint density at radius 3 is 2.52 bits per heavy atom. The van der Waals surface area contributed by atoms with Gasteiger partial charge in [0.1, 0.15) is 12.4 Å². The van der Waals surface area contributed by atoms with Crippen molar-refractivity contribution in [1.29, 1.82) is 0 Å². The molecule has 0 bridgehead atoms. The summed E-state index contributed by atoms with van der Waals surface area (Å²) >= 11 is 0. The van der Waals surface area contributed by atoms with Gasteiger partial charge in [-0.3, -0.25) is 14.9 Å². The SMILES string of the molecule is CCN(CC)CCOc1ccccc1NC(=O)c1cccc([N+](=O)[O-])c1C. The van der Waals surface area contributed by atoms with Crippen LogP contribution in [0.4, 0.5) is 11.4 Å². The third kappa shape index (κ3) is 5.27. The molecule has 2 aromatic carbocycles. The number of anilines is 1. The van der Waals surface area contributed by atoms with E-state index in [1.807, 2.05) is 6.07 Å². The molecule has 0 aliphatic heterocycles. The molecule has 7 heteroatoms. The predicted octanol–water partition coefficient (Wildman–Crippen LogP) is 3.88. The van der Waals surface area contributed by atoms with Gasteiger partial charge in [-0.25, -0.2) is 0 Å². The number of ether oxygens (including phenoxy) is 1. The standard InChI is InChI=1S/C20H25N3O4/c1-4-22(5-2)13-14-27-19-12-7-6-10-17(19)21-20(24)16-9-8-11-18(15(16)3)23(25)26/h6-12H,4-5,13-14H2,1-3H3,(H,21,24). The maximum atomic E-state index is 12.6. The van der Waals surface area contributed by atoms with Crippen molar-refractivity contribution in [2.45, 2.75) is 20.8 Å². The number of hydrogen-bond acceptors (Lipinski definition) is 5. The summed E-state index contributed by atoms with van der Waals surface area (Å²) in [6, 6.07) is 11.6. The van der Waals surface area contributed by atoms with Crippen LogP contribution in [0.2, 0.25) is 0 Å². The second kappa shape index (κ2) is 9.68. The van der Waals surface area contributed by atoms with E-state index < -0.39 is 10.8 Å². The molecule has 0 radical (unpaired) electrons. The summed E-state index contributed by atoms with van der Waals surface area (Å²) in [6.45, 7) is 8.95. The molecule has 27 heavy (non-hydrogen) atoms. The maximum Gasteiger partial charge on any atom is 0.273 e. The van der Waals surface area contributed by atoms with Gasteiger partial charge in [0.25, 0.3) is 11.6 Å². The normalized spacial score (nSPS) is 10.7. The van der Waals surface area contributed by atoms with Crippen molar-refractivity contribution in [3.05, 3.63) is 63.7 Å². The van der Waals surface area contributed by atoms with E-state index in [1.165, 1.54) is 12.1 Å². The third-order valence-electron chi connectivity index (χ3n) is 4.44. The molecular formula is C20H25N3O4. The summed E-state index contributed by atoms with van der Waals surface area (Å²) in [5.74, 6) is 0.164. The van der Waals surface area contributed by atoms with Crippen LogP contribution in [0.3, 0.4) is 0 Å². The smallest absolute Gasteiger partial charge is 0.273 e. The summed E-state index contributed by atoms with van der Waals surface area (Å²) in [4.78, 5) is 25.5. The molecule has 2 aromatic rings. The van der Waals surface area contributed by atoms with Crippen molar-refractivity contribution in [2.24, 2.45) is 0 Å². The fraction of sp³-hybridized carbons (Fsp3) is 0.350. The Kier molecular flexibility index (Phi) is 7.31. The number of rotatable bonds is 9. The fourth-order valence-electron chi connectivity index (χ4n) is 2.78. The lowest BCUT2D eigenvalue weighted by atomic mass is 10.1. The molecule has 0 heterocycles. The molecular weight excluding hydrogens is 346 g/mol. The zero-order valence-electron chi connectivity index (χ0n) is 15.9. The lowest BCUT2D eigenvalue weighted by Gasteiger charge is -2.19. The van der Waals surface area contributed by atoms with Gasteiger partial charge in [0.05, 0.1) is 10.6 Å². The molecule has 1 N–H and O–H groups in total. The second-order valence-electron chi connectivity index (χ2n) is 6.03. The fourth-order valence-corrected chi connectivity index (χ4v) is 2.78. The first-order valence-electron chi connectivity index (χ1n) is 8.97. The summed E-state index contributed by atoms with van der Waals surface area (Å²) in [5.41, 5.74) is 1.06. The highest BCUT2D eigenvalue weighted by Crippen LogP contribution is 2.26. The number of para-hydroxylation sites is 2. The molecule has 0 atom stereocenters. The Hall–Kier alpha value is -2.93. The predicted molar refractivity (Wildman–Crippen MR) is 106 cm³/mol. The quantitative estimate of drug-likeness (QED) is 0.534. The average Bonchev–Trinajstić information content (AvgIpc) is 2.66. The molecule has 0 unspecified atom stereocenters. The van der Waals surface area contributed by atoms with E-state index in [2.05, 4.69) is 24.1 Å². The van der Waals surface area contributed by atoms with Gasteiger partial charge in [0, 0.05) is 23.7 Å². The highest BCUT2D eigenvalue weighted by atomic mass is 16.6. The second-order valence-corrected chi connectivity index (χ2v) is 6.03. The molecule has 2 rings (SSSR count). The summed E-state index contributed by atoms with van der Waals surface area (Å²) < 4.78 is 5.84. The lowest BCUT2D eigenvalue weighted by molar-refractivity contribution is -0.385. The van der Waals surface area contributed by atoms with Gasteiger partial charge in [-0.2, -0.15) is 0 Å². The zero-order valence-corrected chi connectivity index (χ0v) is 15.9. The van der Waals surface area contributed by atoms with E-state index in [4.69, 9.17) is 4.74 Å². The first kappa shape index (κ1) is 20.4. The van der Waals surface area contributed by atoms with Gasteiger partial charge in [-0.15, -0.1) is 0 Å². The number of nitrogens with zero attached hydrogens (tertiary/aromatic N) is 2. The van der Waals surface area contributed by atoms with Crippen molar-refractivity contribution < 1.29 is 14.5 Å². The van der Waals surface area contributed by atoms with Gasteiger partial charge >= 0.3 is 0 Å². The largest absolute Gasteiger partial charge is 0.490 e. The Morgan fingerprint density at radius 1 is 1.15 bits per heavy atom. The van der Waals surface area contributed by atoms with Crippen molar-refractivity contribution in [3.8, 4) is 5.75 Å². The number of carbonyl (C=O) groups excluding carboxylic acids is 1. The van der Waals surface area contributed by atoms with E-state index >= 15 is 0 Å². The van der Waals surface area contributed by atoms with Crippen LogP contribution in [0.15, 0.2) is 42.5 Å². The van der Waals surface area contributed by atoms with Crippen LogP contribution in [0.1, 0.15) is 29.8 Å². The summed E-state index contributed by atoms with van der Waals surface area (Å²) in [6.07, 6.45) is 0. The molecule has 0 aromatic heterocycles. The van der Waals surface area contributed by atoms with E-state index in [0.29, 0.717) is 23.6 Å². The zero-order chi connectivity index (χ0) is 19.8. The Bertz CT molecular complexity index is 804. The third-order valence-corrected chi connectivity index (χ3v) is 4.44. The van der Waals surface area contributed by atoms with Gasteiger partial charge in [0.2, 0.25) is 0 Å². The van der Waals surface area contributed by atoms with Gasteiger partial charge < -0.3 is 15.0 Å². The number of nitrogens with one attached hydrogen (secondary N) is 1. The van der Waals surface area contributed by atoms with Crippen LogP contribution >= 0.6 is 0 Å². The highest BCUT2D eigenvalue weighted by Gasteiger charge is 2.19. The highest BCUT2D eigenvalue weighted by molar-refractivity contribution is 6.06. The Balaban J connectivity index is 2.13. The van der Waals surface area contributed by atoms with Gasteiger partial charge in [-0.05, 0) is 38.2 Å². The minimum atomic E-state index is -0.490. The number of nitro groups is 1. The molecule has 0 saturated heterocycles. The van der Waals surface area contributed by atoms with Gasteiger partial charge in [0.15, 0.2) is 0 Å². The molecule has 1 amide bonds. The minimum Gasteiger partial charge on any atom is -0.490 e. The first-order valence-corrected chi connectivity index (χ1v) is 8.97.